The molecule has 0 saturated carbocycles. The Kier molecular flexibility index (Phi) is 3.15. The maximum Gasteiger partial charge on any atom is 0.128 e. The van der Waals surface area contributed by atoms with Gasteiger partial charge in [-0.05, 0) is 13.8 Å². The zero-order valence-corrected chi connectivity index (χ0v) is 8.12. The van der Waals surface area contributed by atoms with E-state index in [1.165, 1.54) is 6.04 Å². The molecular weight excluding hydrogens is 146 g/mol. The highest BCUT2D eigenvalue weighted by Crippen LogP contribution is 2.16. The van der Waals surface area contributed by atoms with Crippen molar-refractivity contribution in [1.29, 1.82) is 0 Å². The lowest BCUT2D eigenvalue weighted by molar-refractivity contribution is -0.491. The van der Waals surface area contributed by atoms with Crippen LogP contribution in [0.25, 0.3) is 0 Å². The molecule has 0 amide bonds. The van der Waals surface area contributed by atoms with Crippen LogP contribution in [-0.4, -0.2) is 17.3 Å². The Morgan fingerprint density at radius 1 is 1.42 bits per heavy atom. The maximum absolute atomic E-state index is 2.24. The molecular formula is C11H17N. The Morgan fingerprint density at radius 2 is 2.00 bits per heavy atom. The molecule has 1 rings (SSSR count). The summed E-state index contributed by atoms with van der Waals surface area (Å²) in [4.78, 5) is 0. The van der Waals surface area contributed by atoms with Gasteiger partial charge in [0.05, 0.1) is 6.21 Å². The van der Waals surface area contributed by atoms with Gasteiger partial charge >= 0.3 is 0 Å². The first-order valence-electron chi connectivity index (χ1n) is 4.57. The summed E-state index contributed by atoms with van der Waals surface area (Å²) in [5, 5.41) is 0. The highest BCUT2D eigenvalue weighted by molar-refractivity contribution is 5.48. The summed E-state index contributed by atoms with van der Waals surface area (Å²) in [6, 6.07) is 1.29. The van der Waals surface area contributed by atoms with Crippen LogP contribution in [0.15, 0.2) is 24.3 Å². The quantitative estimate of drug-likeness (QED) is 0.334. The lowest BCUT2D eigenvalue weighted by Gasteiger charge is -2.18. The van der Waals surface area contributed by atoms with Crippen molar-refractivity contribution in [2.75, 3.05) is 6.54 Å². The number of likely N-dealkylation sites (N-methyl/N-ethyl adjacent to an activating group) is 1. The van der Waals surface area contributed by atoms with Gasteiger partial charge in [-0.3, -0.25) is 4.58 Å². The van der Waals surface area contributed by atoms with Gasteiger partial charge in [0, 0.05) is 0 Å². The third-order valence-corrected chi connectivity index (χ3v) is 2.13. The summed E-state index contributed by atoms with van der Waals surface area (Å²) in [6.45, 7) is 7.45. The number of rotatable bonds is 2. The van der Waals surface area contributed by atoms with Gasteiger partial charge in [0.15, 0.2) is 0 Å². The molecule has 0 radical (unpaired) electrons. The van der Waals surface area contributed by atoms with Crippen LogP contribution in [0.1, 0.15) is 20.8 Å². The smallest absolute Gasteiger partial charge is 0.128 e. The van der Waals surface area contributed by atoms with Crippen LogP contribution in [-0.2, 0) is 0 Å². The summed E-state index contributed by atoms with van der Waals surface area (Å²) in [7, 11) is 0. The first-order valence-corrected chi connectivity index (χ1v) is 4.57. The molecule has 12 heavy (non-hydrogen) atoms. The zero-order valence-electron chi connectivity index (χ0n) is 8.12. The number of hydrogen-bond donors (Lipinski definition) is 0. The van der Waals surface area contributed by atoms with Gasteiger partial charge in [-0.15, -0.1) is 0 Å². The van der Waals surface area contributed by atoms with E-state index in [-0.39, 0.29) is 0 Å². The van der Waals surface area contributed by atoms with E-state index in [0.717, 1.165) is 6.54 Å². The van der Waals surface area contributed by atoms with E-state index >= 15 is 0 Å². The van der Waals surface area contributed by atoms with Gasteiger partial charge in [0.1, 0.15) is 12.6 Å². The predicted molar refractivity (Wildman–Crippen MR) is 53.2 cm³/mol. The highest BCUT2D eigenvalue weighted by atomic mass is 15.0. The van der Waals surface area contributed by atoms with E-state index in [1.54, 1.807) is 0 Å². The van der Waals surface area contributed by atoms with Crippen molar-refractivity contribution in [3.05, 3.63) is 30.3 Å². The average Bonchev–Trinajstić information content (AvgIpc) is 2.10. The Balaban J connectivity index is 2.67. The van der Waals surface area contributed by atoms with Gasteiger partial charge in [-0.25, -0.2) is 0 Å². The minimum atomic E-state index is 0.587. The zero-order chi connectivity index (χ0) is 8.97. The summed E-state index contributed by atoms with van der Waals surface area (Å²) in [5.74, 6) is 0.587. The summed E-state index contributed by atoms with van der Waals surface area (Å²) < 4.78 is 2.24. The fourth-order valence-corrected chi connectivity index (χ4v) is 1.33. The Bertz CT molecular complexity index is 209. The van der Waals surface area contributed by atoms with E-state index in [9.17, 15) is 0 Å². The summed E-state index contributed by atoms with van der Waals surface area (Å²) >= 11 is 0. The van der Waals surface area contributed by atoms with Crippen LogP contribution in [0.2, 0.25) is 0 Å². The molecule has 1 aliphatic rings. The van der Waals surface area contributed by atoms with Gasteiger partial charge in [0.2, 0.25) is 0 Å². The lowest BCUT2D eigenvalue weighted by Crippen LogP contribution is -2.17. The standard InChI is InChI=1S/C11H17N/c1-4-12(5-2)11-8-6-10(3)7-9-11/h4,6-10H,5H2,1-3H3. The third kappa shape index (κ3) is 2.00. The molecule has 0 unspecified atom stereocenters. The lowest BCUT2D eigenvalue weighted by atomic mass is 10.0. The second kappa shape index (κ2) is 4.15. The molecule has 66 valence electrons. The molecule has 1 nitrogen and oxygen atoms in total. The van der Waals surface area contributed by atoms with Gasteiger partial charge < -0.3 is 0 Å². The fourth-order valence-electron chi connectivity index (χ4n) is 1.33. The van der Waals surface area contributed by atoms with E-state index in [1.807, 2.05) is 0 Å². The normalized spacial score (nSPS) is 18.9. The Morgan fingerprint density at radius 3 is 2.42 bits per heavy atom. The van der Waals surface area contributed by atoms with E-state index in [0.29, 0.717) is 5.92 Å². The molecule has 0 aromatic carbocycles. The largest absolute Gasteiger partial charge is 0.283 e. The van der Waals surface area contributed by atoms with Crippen molar-refractivity contribution in [3.8, 4) is 0 Å². The molecule has 0 N–H and O–H groups in total. The molecule has 0 saturated heterocycles. The van der Waals surface area contributed by atoms with Crippen molar-refractivity contribution >= 4 is 6.21 Å². The van der Waals surface area contributed by atoms with Crippen LogP contribution < -0.4 is 0 Å². The highest BCUT2D eigenvalue weighted by Gasteiger charge is 2.08. The molecule has 0 atom stereocenters. The average molecular weight is 163 g/mol. The first kappa shape index (κ1) is 9.11. The fraction of sp³-hybridized carbons (Fsp3) is 0.455. The van der Waals surface area contributed by atoms with Crippen LogP contribution in [0.3, 0.4) is 0 Å². The van der Waals surface area contributed by atoms with Gasteiger partial charge in [0.25, 0.3) is 0 Å². The number of hydrogen-bond acceptors (Lipinski definition) is 0. The summed E-state index contributed by atoms with van der Waals surface area (Å²) in [5.41, 5.74) is 0. The second-order valence-electron chi connectivity index (χ2n) is 3.05. The Hall–Kier alpha value is -0.980. The summed E-state index contributed by atoms with van der Waals surface area (Å²) in [6.07, 6.45) is 10.9. The molecule has 0 aliphatic heterocycles. The van der Waals surface area contributed by atoms with Crippen LogP contribution in [0.5, 0.6) is 0 Å². The monoisotopic (exact) mass is 163 g/mol. The third-order valence-electron chi connectivity index (χ3n) is 2.13. The SMILES string of the molecule is CC=[N+](CC)[C-]1C=CC(C)C=C1. The van der Waals surface area contributed by atoms with Crippen molar-refractivity contribution in [3.63, 3.8) is 0 Å². The van der Waals surface area contributed by atoms with Gasteiger partial charge in [-0.1, -0.05) is 25.0 Å². The number of nitrogens with zero attached hydrogens (tertiary/aromatic N) is 1. The predicted octanol–water partition coefficient (Wildman–Crippen LogP) is 2.40. The van der Waals surface area contributed by atoms with Crippen molar-refractivity contribution in [2.45, 2.75) is 20.8 Å². The van der Waals surface area contributed by atoms with E-state index < -0.39 is 0 Å². The van der Waals surface area contributed by atoms with Gasteiger partial charge in [-0.2, -0.15) is 12.2 Å². The number of allylic oxidation sites excluding steroid dienone is 2. The van der Waals surface area contributed by atoms with E-state index in [2.05, 4.69) is 55.9 Å². The minimum Gasteiger partial charge on any atom is -0.283 e. The minimum absolute atomic E-state index is 0.587. The second-order valence-corrected chi connectivity index (χ2v) is 3.05. The van der Waals surface area contributed by atoms with Crippen LogP contribution >= 0.6 is 0 Å². The van der Waals surface area contributed by atoms with E-state index in [4.69, 9.17) is 0 Å². The molecule has 0 heterocycles. The molecule has 0 bridgehead atoms. The molecule has 1 heteroatoms. The first-order chi connectivity index (χ1) is 5.77. The molecule has 1 aliphatic carbocycles. The molecule has 0 aromatic rings. The topological polar surface area (TPSA) is 3.01 Å². The maximum atomic E-state index is 2.24. The van der Waals surface area contributed by atoms with Crippen molar-refractivity contribution < 1.29 is 4.58 Å². The molecule has 0 aromatic heterocycles. The van der Waals surface area contributed by atoms with Crippen LogP contribution in [0.4, 0.5) is 0 Å². The van der Waals surface area contributed by atoms with Crippen molar-refractivity contribution in [2.24, 2.45) is 5.92 Å². The Labute approximate surface area is 75.1 Å². The molecule has 0 spiro atoms. The van der Waals surface area contributed by atoms with Crippen LogP contribution in [0, 0.1) is 12.0 Å². The molecule has 0 fully saturated rings. The van der Waals surface area contributed by atoms with Crippen molar-refractivity contribution in [1.82, 2.24) is 0 Å².